The van der Waals surface area contributed by atoms with E-state index in [-0.39, 0.29) is 22.7 Å². The Morgan fingerprint density at radius 2 is 2.24 bits per heavy atom. The molecular weight excluding hydrogens is 297 g/mol. The molecule has 1 fully saturated rings. The molecule has 1 aromatic heterocycles. The van der Waals surface area contributed by atoms with E-state index in [4.69, 9.17) is 20.8 Å². The number of nitrogens with one attached hydrogen (secondary N) is 1. The summed E-state index contributed by atoms with van der Waals surface area (Å²) < 4.78 is 24.2. The molecule has 110 valence electrons. The summed E-state index contributed by atoms with van der Waals surface area (Å²) in [4.78, 5) is 12.0. The number of carbonyl (C=O) groups excluding carboxylic acids is 1. The first-order valence-electron chi connectivity index (χ1n) is 6.56. The van der Waals surface area contributed by atoms with Crippen LogP contribution in [-0.4, -0.2) is 18.6 Å². The van der Waals surface area contributed by atoms with Gasteiger partial charge in [0.05, 0.1) is 17.3 Å². The van der Waals surface area contributed by atoms with Crippen LogP contribution in [0.4, 0.5) is 4.39 Å². The van der Waals surface area contributed by atoms with Crippen molar-refractivity contribution in [2.75, 3.05) is 6.61 Å². The van der Waals surface area contributed by atoms with Crippen molar-refractivity contribution in [3.63, 3.8) is 0 Å². The number of amides is 1. The predicted molar refractivity (Wildman–Crippen MR) is 74.7 cm³/mol. The fraction of sp³-hybridized carbons (Fsp3) is 0.267. The molecule has 2 heterocycles. The van der Waals surface area contributed by atoms with Crippen LogP contribution in [-0.2, 0) is 4.74 Å². The lowest BCUT2D eigenvalue weighted by molar-refractivity contribution is 0.0801. The van der Waals surface area contributed by atoms with Crippen LogP contribution >= 0.6 is 11.6 Å². The van der Waals surface area contributed by atoms with Gasteiger partial charge in [0.25, 0.3) is 5.91 Å². The Bertz CT molecular complexity index is 644. The summed E-state index contributed by atoms with van der Waals surface area (Å²) in [6.07, 6.45) is 1.70. The molecule has 1 amide bonds. The monoisotopic (exact) mass is 309 g/mol. The van der Waals surface area contributed by atoms with E-state index < -0.39 is 11.9 Å². The maximum Gasteiger partial charge on any atom is 0.287 e. The van der Waals surface area contributed by atoms with Crippen molar-refractivity contribution in [1.82, 2.24) is 5.32 Å². The minimum absolute atomic E-state index is 0.0629. The smallest absolute Gasteiger partial charge is 0.287 e. The number of rotatable bonds is 3. The van der Waals surface area contributed by atoms with Crippen molar-refractivity contribution in [3.8, 4) is 0 Å². The highest BCUT2D eigenvalue weighted by molar-refractivity contribution is 6.30. The molecule has 2 aromatic rings. The minimum Gasteiger partial charge on any atom is -0.459 e. The van der Waals surface area contributed by atoms with Gasteiger partial charge in [-0.15, -0.1) is 0 Å². The first-order valence-corrected chi connectivity index (χ1v) is 6.94. The van der Waals surface area contributed by atoms with Crippen molar-refractivity contribution in [2.45, 2.75) is 18.6 Å². The van der Waals surface area contributed by atoms with Crippen molar-refractivity contribution in [2.24, 2.45) is 0 Å². The van der Waals surface area contributed by atoms with Gasteiger partial charge in [-0.2, -0.15) is 0 Å². The lowest BCUT2D eigenvalue weighted by Gasteiger charge is -2.20. The van der Waals surface area contributed by atoms with Crippen LogP contribution in [0.3, 0.4) is 0 Å². The number of carbonyl (C=O) groups is 1. The van der Waals surface area contributed by atoms with Gasteiger partial charge < -0.3 is 14.5 Å². The number of ether oxygens (including phenoxy) is 1. The van der Waals surface area contributed by atoms with Crippen LogP contribution in [0, 0.1) is 5.82 Å². The third-order valence-corrected chi connectivity index (χ3v) is 3.73. The Hall–Kier alpha value is -1.85. The zero-order valence-electron chi connectivity index (χ0n) is 11.0. The summed E-state index contributed by atoms with van der Waals surface area (Å²) >= 11 is 5.68. The van der Waals surface area contributed by atoms with Crippen LogP contribution in [0.2, 0.25) is 5.02 Å². The molecule has 2 unspecified atom stereocenters. The van der Waals surface area contributed by atoms with Gasteiger partial charge in [0.15, 0.2) is 5.76 Å². The Morgan fingerprint density at radius 1 is 1.38 bits per heavy atom. The molecule has 0 aliphatic carbocycles. The summed E-state index contributed by atoms with van der Waals surface area (Å²) in [7, 11) is 0. The van der Waals surface area contributed by atoms with Crippen molar-refractivity contribution in [1.29, 1.82) is 0 Å². The number of halogens is 2. The molecule has 1 saturated heterocycles. The van der Waals surface area contributed by atoms with Crippen molar-refractivity contribution < 1.29 is 18.3 Å². The molecule has 1 N–H and O–H groups in total. The topological polar surface area (TPSA) is 51.5 Å². The van der Waals surface area contributed by atoms with Crippen LogP contribution in [0.1, 0.15) is 28.6 Å². The lowest BCUT2D eigenvalue weighted by Crippen LogP contribution is -2.36. The third-order valence-electron chi connectivity index (χ3n) is 3.43. The van der Waals surface area contributed by atoms with Gasteiger partial charge in [-0.1, -0.05) is 17.7 Å². The van der Waals surface area contributed by atoms with Crippen molar-refractivity contribution in [3.05, 3.63) is 58.8 Å². The van der Waals surface area contributed by atoms with Crippen LogP contribution in [0.15, 0.2) is 41.0 Å². The Kier molecular flexibility index (Phi) is 3.94. The highest BCUT2D eigenvalue weighted by Crippen LogP contribution is 2.31. The van der Waals surface area contributed by atoms with E-state index in [2.05, 4.69) is 5.32 Å². The van der Waals surface area contributed by atoms with Gasteiger partial charge in [-0.25, -0.2) is 4.39 Å². The van der Waals surface area contributed by atoms with Gasteiger partial charge in [0.1, 0.15) is 11.9 Å². The van der Waals surface area contributed by atoms with Crippen molar-refractivity contribution >= 4 is 17.5 Å². The summed E-state index contributed by atoms with van der Waals surface area (Å²) in [6, 6.07) is 7.52. The van der Waals surface area contributed by atoms with Crippen LogP contribution in [0.5, 0.6) is 0 Å². The number of furan rings is 1. The van der Waals surface area contributed by atoms with E-state index in [9.17, 15) is 9.18 Å². The van der Waals surface area contributed by atoms with E-state index in [1.165, 1.54) is 18.4 Å². The Balaban J connectivity index is 1.76. The maximum absolute atomic E-state index is 13.6. The molecule has 21 heavy (non-hydrogen) atoms. The van der Waals surface area contributed by atoms with E-state index >= 15 is 0 Å². The highest BCUT2D eigenvalue weighted by atomic mass is 35.5. The molecule has 1 aromatic carbocycles. The number of hydrogen-bond acceptors (Lipinski definition) is 3. The first-order chi connectivity index (χ1) is 10.1. The minimum atomic E-state index is -0.499. The number of benzene rings is 1. The highest BCUT2D eigenvalue weighted by Gasteiger charge is 2.32. The summed E-state index contributed by atoms with van der Waals surface area (Å²) in [5.41, 5.74) is 0.652. The lowest BCUT2D eigenvalue weighted by atomic mass is 10.0. The van der Waals surface area contributed by atoms with E-state index in [0.29, 0.717) is 18.6 Å². The Morgan fingerprint density at radius 3 is 2.95 bits per heavy atom. The van der Waals surface area contributed by atoms with Gasteiger partial charge in [0, 0.05) is 6.61 Å². The fourth-order valence-electron chi connectivity index (χ4n) is 2.40. The molecular formula is C15H13ClFNO3. The zero-order valence-corrected chi connectivity index (χ0v) is 11.8. The number of hydrogen-bond donors (Lipinski definition) is 1. The Labute approximate surface area is 125 Å². The summed E-state index contributed by atoms with van der Waals surface area (Å²) in [5.74, 6) is -0.571. The quantitative estimate of drug-likeness (QED) is 0.946. The van der Waals surface area contributed by atoms with E-state index in [1.807, 2.05) is 0 Å². The van der Waals surface area contributed by atoms with Gasteiger partial charge in [0.2, 0.25) is 0 Å². The first kappa shape index (κ1) is 14.1. The molecule has 1 aliphatic rings. The summed E-state index contributed by atoms with van der Waals surface area (Å²) in [5, 5.41) is 2.91. The molecule has 0 bridgehead atoms. The molecule has 0 spiro atoms. The van der Waals surface area contributed by atoms with Crippen LogP contribution in [0.25, 0.3) is 0 Å². The second-order valence-electron chi connectivity index (χ2n) is 4.81. The largest absolute Gasteiger partial charge is 0.459 e. The van der Waals surface area contributed by atoms with Gasteiger partial charge >= 0.3 is 0 Å². The second-order valence-corrected chi connectivity index (χ2v) is 5.22. The molecule has 0 saturated carbocycles. The normalized spacial score (nSPS) is 21.4. The average molecular weight is 310 g/mol. The van der Waals surface area contributed by atoms with Crippen LogP contribution < -0.4 is 5.32 Å². The molecule has 3 rings (SSSR count). The summed E-state index contributed by atoms with van der Waals surface area (Å²) in [6.45, 7) is 0.498. The van der Waals surface area contributed by atoms with Gasteiger partial charge in [-0.3, -0.25) is 4.79 Å². The van der Waals surface area contributed by atoms with Gasteiger partial charge in [-0.05, 0) is 36.2 Å². The standard InChI is InChI=1S/C15H13ClFNO3/c16-10-4-3-9(8-11(10)17)14-12(5-7-21-14)18-15(19)13-2-1-6-20-13/h1-4,6,8,12,14H,5,7H2,(H,18,19). The second kappa shape index (κ2) is 5.87. The van der Waals surface area contributed by atoms with E-state index in [0.717, 1.165) is 0 Å². The van der Waals surface area contributed by atoms with E-state index in [1.54, 1.807) is 18.2 Å². The SMILES string of the molecule is O=C(NC1CCOC1c1ccc(Cl)c(F)c1)c1ccco1. The zero-order chi connectivity index (χ0) is 14.8. The molecule has 0 radical (unpaired) electrons. The maximum atomic E-state index is 13.6. The predicted octanol–water partition coefficient (Wildman–Crippen LogP) is 3.33. The fourth-order valence-corrected chi connectivity index (χ4v) is 2.52. The third kappa shape index (κ3) is 2.94. The molecule has 6 heteroatoms. The molecule has 1 aliphatic heterocycles. The average Bonchev–Trinajstić information content (AvgIpc) is 3.13. The molecule has 2 atom stereocenters. The molecule has 4 nitrogen and oxygen atoms in total.